The Hall–Kier alpha value is -3.57. The predicted molar refractivity (Wildman–Crippen MR) is 84.5 cm³/mol. The van der Waals surface area contributed by atoms with E-state index < -0.39 is 34.9 Å². The van der Waals surface area contributed by atoms with E-state index in [-0.39, 0.29) is 12.4 Å². The van der Waals surface area contributed by atoms with Crippen LogP contribution in [0.15, 0.2) is 48.0 Å². The van der Waals surface area contributed by atoms with Crippen molar-refractivity contribution in [1.82, 2.24) is 35.0 Å². The lowest BCUT2D eigenvalue weighted by Gasteiger charge is -2.20. The van der Waals surface area contributed by atoms with Gasteiger partial charge in [0.25, 0.3) is 11.5 Å². The molecule has 9 nitrogen and oxygen atoms in total. The summed E-state index contributed by atoms with van der Waals surface area (Å²) in [7, 11) is 0. The van der Waals surface area contributed by atoms with Crippen LogP contribution >= 0.6 is 0 Å². The molecule has 2 N–H and O–H groups in total. The second-order valence-corrected chi connectivity index (χ2v) is 5.37. The van der Waals surface area contributed by atoms with Crippen molar-refractivity contribution in [3.8, 4) is 0 Å². The lowest BCUT2D eigenvalue weighted by atomic mass is 10.1. The van der Waals surface area contributed by atoms with Crippen molar-refractivity contribution in [3.05, 3.63) is 70.7 Å². The average Bonchev–Trinajstić information content (AvgIpc) is 3.12. The smallest absolute Gasteiger partial charge is 0.335 e. The fraction of sp³-hybridized carbons (Fsp3) is 0.200. The highest BCUT2D eigenvalue weighted by Gasteiger charge is 2.43. The van der Waals surface area contributed by atoms with Crippen LogP contribution in [-0.2, 0) is 6.54 Å². The van der Waals surface area contributed by atoms with Crippen molar-refractivity contribution in [1.29, 1.82) is 0 Å². The Kier molecular flexibility index (Phi) is 4.96. The number of carbonyl (C=O) groups excluding carboxylic acids is 1. The van der Waals surface area contributed by atoms with Crippen LogP contribution in [-0.4, -0.2) is 41.8 Å². The second kappa shape index (κ2) is 7.35. The van der Waals surface area contributed by atoms with Gasteiger partial charge in [0.2, 0.25) is 0 Å². The maximum atomic E-state index is 13.3. The molecule has 0 radical (unpaired) electrons. The summed E-state index contributed by atoms with van der Waals surface area (Å²) >= 11 is 0. The van der Waals surface area contributed by atoms with E-state index in [4.69, 9.17) is 0 Å². The molecule has 0 fully saturated rings. The van der Waals surface area contributed by atoms with Crippen molar-refractivity contribution in [2.45, 2.75) is 18.8 Å². The van der Waals surface area contributed by atoms with Gasteiger partial charge in [-0.2, -0.15) is 18.3 Å². The zero-order valence-corrected chi connectivity index (χ0v) is 13.5. The Balaban J connectivity index is 1.81. The summed E-state index contributed by atoms with van der Waals surface area (Å²) in [6.45, 7) is 0.0796. The fourth-order valence-electron chi connectivity index (χ4n) is 2.22. The number of rotatable bonds is 5. The van der Waals surface area contributed by atoms with E-state index in [1.54, 1.807) is 5.32 Å². The number of nitrogens with one attached hydrogen (secondary N) is 2. The number of pyridine rings is 1. The van der Waals surface area contributed by atoms with E-state index in [2.05, 4.69) is 25.0 Å². The van der Waals surface area contributed by atoms with E-state index in [1.807, 2.05) is 0 Å². The average molecular weight is 379 g/mol. The maximum absolute atomic E-state index is 13.3. The molecular formula is C15H12F3N7O2. The van der Waals surface area contributed by atoms with Crippen LogP contribution in [0.3, 0.4) is 0 Å². The largest absolute Gasteiger partial charge is 0.414 e. The number of hydrogen-bond acceptors (Lipinski definition) is 6. The van der Waals surface area contributed by atoms with Gasteiger partial charge in [-0.05, 0) is 12.1 Å². The minimum absolute atomic E-state index is 0.0796. The molecular weight excluding hydrogens is 367 g/mol. The predicted octanol–water partition coefficient (Wildman–Crippen LogP) is 0.838. The van der Waals surface area contributed by atoms with Crippen LogP contribution in [0.1, 0.15) is 27.9 Å². The van der Waals surface area contributed by atoms with Crippen molar-refractivity contribution in [2.24, 2.45) is 0 Å². The molecule has 0 aromatic carbocycles. The zero-order valence-electron chi connectivity index (χ0n) is 13.5. The van der Waals surface area contributed by atoms with Crippen molar-refractivity contribution in [2.75, 3.05) is 0 Å². The van der Waals surface area contributed by atoms with Gasteiger partial charge in [0.05, 0.1) is 5.69 Å². The molecule has 140 valence electrons. The van der Waals surface area contributed by atoms with Gasteiger partial charge >= 0.3 is 6.18 Å². The Morgan fingerprint density at radius 2 is 2.11 bits per heavy atom. The van der Waals surface area contributed by atoms with E-state index in [1.165, 1.54) is 35.7 Å². The van der Waals surface area contributed by atoms with Crippen molar-refractivity contribution in [3.63, 3.8) is 0 Å². The van der Waals surface area contributed by atoms with E-state index >= 15 is 0 Å². The van der Waals surface area contributed by atoms with Crippen LogP contribution in [0.4, 0.5) is 13.2 Å². The quantitative estimate of drug-likeness (QED) is 0.678. The second-order valence-electron chi connectivity index (χ2n) is 5.37. The lowest BCUT2D eigenvalue weighted by molar-refractivity contribution is -0.156. The van der Waals surface area contributed by atoms with Gasteiger partial charge in [-0.25, -0.2) is 14.6 Å². The van der Waals surface area contributed by atoms with Gasteiger partial charge in [0.15, 0.2) is 6.04 Å². The first kappa shape index (κ1) is 18.2. The third-order valence-corrected chi connectivity index (χ3v) is 3.46. The molecule has 3 aromatic rings. The first-order chi connectivity index (χ1) is 12.8. The molecule has 1 atom stereocenters. The molecule has 0 aliphatic carbocycles. The Morgan fingerprint density at radius 1 is 1.30 bits per heavy atom. The molecule has 0 unspecified atom stereocenters. The summed E-state index contributed by atoms with van der Waals surface area (Å²) in [4.78, 5) is 37.8. The summed E-state index contributed by atoms with van der Waals surface area (Å²) in [6, 6.07) is 1.57. The molecule has 0 saturated heterocycles. The summed E-state index contributed by atoms with van der Waals surface area (Å²) < 4.78 is 41.2. The van der Waals surface area contributed by atoms with Gasteiger partial charge < -0.3 is 10.3 Å². The SMILES string of the molecule is O=C(N[C@H](c1ccccn1)C(F)(F)F)c1cnc(Cn2cncn2)[nH]c1=O. The topological polar surface area (TPSA) is 118 Å². The van der Waals surface area contributed by atoms with Gasteiger partial charge in [-0.1, -0.05) is 6.07 Å². The number of carbonyl (C=O) groups is 1. The maximum Gasteiger partial charge on any atom is 0.414 e. The molecule has 0 bridgehead atoms. The van der Waals surface area contributed by atoms with Crippen molar-refractivity contribution >= 4 is 5.91 Å². The number of aromatic nitrogens is 6. The summed E-state index contributed by atoms with van der Waals surface area (Å²) in [5.41, 5.74) is -1.83. The van der Waals surface area contributed by atoms with Crippen LogP contribution < -0.4 is 10.9 Å². The Bertz CT molecular complexity index is 971. The lowest BCUT2D eigenvalue weighted by Crippen LogP contribution is -2.40. The summed E-state index contributed by atoms with van der Waals surface area (Å²) in [6.07, 6.45) is -0.0345. The zero-order chi connectivity index (χ0) is 19.4. The van der Waals surface area contributed by atoms with Gasteiger partial charge in [0, 0.05) is 12.4 Å². The Morgan fingerprint density at radius 3 is 2.70 bits per heavy atom. The normalized spacial score (nSPS) is 12.6. The minimum Gasteiger partial charge on any atom is -0.335 e. The minimum atomic E-state index is -4.79. The first-order valence-electron chi connectivity index (χ1n) is 7.53. The number of alkyl halides is 3. The molecule has 0 aliphatic heterocycles. The fourth-order valence-corrected chi connectivity index (χ4v) is 2.22. The molecule has 3 rings (SSSR count). The van der Waals surface area contributed by atoms with E-state index in [0.717, 1.165) is 12.3 Å². The molecule has 3 aromatic heterocycles. The third-order valence-electron chi connectivity index (χ3n) is 3.46. The number of nitrogens with zero attached hydrogens (tertiary/aromatic N) is 5. The summed E-state index contributed by atoms with van der Waals surface area (Å²) in [5.74, 6) is -1.05. The highest BCUT2D eigenvalue weighted by atomic mass is 19.4. The number of halogens is 3. The molecule has 3 heterocycles. The molecule has 0 aliphatic rings. The number of hydrogen-bond donors (Lipinski definition) is 2. The van der Waals surface area contributed by atoms with Crippen LogP contribution in [0.25, 0.3) is 0 Å². The molecule has 27 heavy (non-hydrogen) atoms. The van der Waals surface area contributed by atoms with Gasteiger partial charge in [0.1, 0.15) is 30.6 Å². The molecule has 0 spiro atoms. The summed E-state index contributed by atoms with van der Waals surface area (Å²) in [5, 5.41) is 5.61. The van der Waals surface area contributed by atoms with E-state index in [0.29, 0.717) is 0 Å². The number of aromatic amines is 1. The highest BCUT2D eigenvalue weighted by molar-refractivity contribution is 5.93. The molecule has 12 heteroatoms. The van der Waals surface area contributed by atoms with Gasteiger partial charge in [-0.3, -0.25) is 14.6 Å². The van der Waals surface area contributed by atoms with Crippen molar-refractivity contribution < 1.29 is 18.0 Å². The standard InChI is InChI=1S/C15H12F3N7O2/c16-15(17,18)12(10-3-1-2-4-20-10)24-14(27)9-5-21-11(23-13(9)26)6-25-8-19-7-22-25/h1-5,7-8,12H,6H2,(H,24,27)(H,21,23,26)/t12-/m1/s1. The first-order valence-corrected chi connectivity index (χ1v) is 7.53. The number of H-pyrrole nitrogens is 1. The Labute approximate surface area is 149 Å². The highest BCUT2D eigenvalue weighted by Crippen LogP contribution is 2.31. The number of amides is 1. The monoisotopic (exact) mass is 379 g/mol. The van der Waals surface area contributed by atoms with Crippen LogP contribution in [0.2, 0.25) is 0 Å². The molecule has 1 amide bonds. The van der Waals surface area contributed by atoms with Crippen LogP contribution in [0.5, 0.6) is 0 Å². The van der Waals surface area contributed by atoms with E-state index in [9.17, 15) is 22.8 Å². The molecule has 0 saturated carbocycles. The van der Waals surface area contributed by atoms with Crippen LogP contribution in [0, 0.1) is 0 Å². The van der Waals surface area contributed by atoms with Gasteiger partial charge in [-0.15, -0.1) is 0 Å². The third kappa shape index (κ3) is 4.34.